The van der Waals surface area contributed by atoms with E-state index in [1.807, 2.05) is 12.1 Å². The van der Waals surface area contributed by atoms with Crippen molar-refractivity contribution in [2.75, 3.05) is 6.26 Å². The first-order valence-corrected chi connectivity index (χ1v) is 7.33. The van der Waals surface area contributed by atoms with Gasteiger partial charge in [-0.15, -0.1) is 0 Å². The topological polar surface area (TPSA) is 60.2 Å². The van der Waals surface area contributed by atoms with Gasteiger partial charge < -0.3 is 5.73 Å². The van der Waals surface area contributed by atoms with E-state index >= 15 is 0 Å². The van der Waals surface area contributed by atoms with Gasteiger partial charge >= 0.3 is 0 Å². The molecule has 5 heteroatoms. The van der Waals surface area contributed by atoms with Gasteiger partial charge in [0.25, 0.3) is 0 Å². The summed E-state index contributed by atoms with van der Waals surface area (Å²) in [6.45, 7) is 1.63. The maximum Gasteiger partial charge on any atom is 0.151 e. The molecule has 2 N–H and O–H groups in total. The molecule has 0 amide bonds. The Morgan fingerprint density at radius 3 is 2.56 bits per heavy atom. The second-order valence-electron chi connectivity index (χ2n) is 4.03. The second kappa shape index (κ2) is 5.17. The van der Waals surface area contributed by atoms with Gasteiger partial charge in [0.1, 0.15) is 0 Å². The smallest absolute Gasteiger partial charge is 0.151 e. The van der Waals surface area contributed by atoms with E-state index < -0.39 is 21.1 Å². The minimum Gasteiger partial charge on any atom is -0.326 e. The van der Waals surface area contributed by atoms with Crippen LogP contribution in [0, 0.1) is 0 Å². The molecular weight excluding hydrogens is 246 g/mol. The molecule has 0 spiro atoms. The van der Waals surface area contributed by atoms with Crippen LogP contribution in [0.5, 0.6) is 0 Å². The van der Waals surface area contributed by atoms with E-state index in [1.165, 1.54) is 6.26 Å². The van der Waals surface area contributed by atoms with Gasteiger partial charge in [0, 0.05) is 17.3 Å². The van der Waals surface area contributed by atoms with Crippen molar-refractivity contribution in [3.63, 3.8) is 0 Å². The molecule has 90 valence electrons. The molecule has 3 nitrogen and oxygen atoms in total. The van der Waals surface area contributed by atoms with E-state index in [-0.39, 0.29) is 0 Å². The molecule has 0 aromatic heterocycles. The third-order valence-corrected chi connectivity index (χ3v) is 4.57. The molecule has 1 rings (SSSR count). The van der Waals surface area contributed by atoms with Gasteiger partial charge in [0.05, 0.1) is 5.25 Å². The number of benzene rings is 1. The highest BCUT2D eigenvalue weighted by Gasteiger charge is 2.22. The number of sulfone groups is 1. The highest BCUT2D eigenvalue weighted by Crippen LogP contribution is 2.14. The Hall–Kier alpha value is -0.580. The van der Waals surface area contributed by atoms with Crippen LogP contribution in [0.2, 0.25) is 5.02 Å². The molecule has 0 radical (unpaired) electrons. The fourth-order valence-corrected chi connectivity index (χ4v) is 2.36. The summed E-state index contributed by atoms with van der Waals surface area (Å²) >= 11 is 5.84. The van der Waals surface area contributed by atoms with Crippen LogP contribution < -0.4 is 5.73 Å². The highest BCUT2D eigenvalue weighted by atomic mass is 35.5. The van der Waals surface area contributed by atoms with Crippen molar-refractivity contribution in [1.29, 1.82) is 0 Å². The molecule has 0 aliphatic rings. The Balaban J connectivity index is 2.75. The summed E-state index contributed by atoms with van der Waals surface area (Å²) in [6, 6.07) is 6.89. The SMILES string of the molecule is CC(C(N)Cc1cccc(Cl)c1)S(C)(=O)=O. The Bertz CT molecular complexity index is 459. The van der Waals surface area contributed by atoms with E-state index in [2.05, 4.69) is 0 Å². The largest absolute Gasteiger partial charge is 0.326 e. The highest BCUT2D eigenvalue weighted by molar-refractivity contribution is 7.91. The van der Waals surface area contributed by atoms with Gasteiger partial charge in [0.2, 0.25) is 0 Å². The van der Waals surface area contributed by atoms with Crippen LogP contribution in [0.3, 0.4) is 0 Å². The fraction of sp³-hybridized carbons (Fsp3) is 0.455. The van der Waals surface area contributed by atoms with Crippen molar-refractivity contribution in [2.24, 2.45) is 5.73 Å². The molecule has 0 saturated heterocycles. The third-order valence-electron chi connectivity index (χ3n) is 2.64. The maximum atomic E-state index is 11.3. The quantitative estimate of drug-likeness (QED) is 0.896. The van der Waals surface area contributed by atoms with E-state index in [9.17, 15) is 8.42 Å². The number of nitrogens with two attached hydrogens (primary N) is 1. The lowest BCUT2D eigenvalue weighted by molar-refractivity contribution is 0.562. The summed E-state index contributed by atoms with van der Waals surface area (Å²) in [5, 5.41) is 0.0863. The van der Waals surface area contributed by atoms with Crippen LogP contribution in [0.1, 0.15) is 12.5 Å². The van der Waals surface area contributed by atoms with Crippen molar-refractivity contribution in [3.8, 4) is 0 Å². The number of halogens is 1. The van der Waals surface area contributed by atoms with Crippen molar-refractivity contribution in [1.82, 2.24) is 0 Å². The first-order chi connectivity index (χ1) is 7.30. The zero-order valence-electron chi connectivity index (χ0n) is 9.35. The van der Waals surface area contributed by atoms with Gasteiger partial charge in [-0.05, 0) is 31.0 Å². The van der Waals surface area contributed by atoms with Crippen LogP contribution in [0.4, 0.5) is 0 Å². The van der Waals surface area contributed by atoms with Crippen LogP contribution in [0.25, 0.3) is 0 Å². The van der Waals surface area contributed by atoms with Gasteiger partial charge in [-0.2, -0.15) is 0 Å². The van der Waals surface area contributed by atoms with Crippen molar-refractivity contribution < 1.29 is 8.42 Å². The predicted molar refractivity (Wildman–Crippen MR) is 67.4 cm³/mol. The molecule has 2 atom stereocenters. The Labute approximate surface area is 102 Å². The molecule has 16 heavy (non-hydrogen) atoms. The van der Waals surface area contributed by atoms with Crippen LogP contribution in [-0.4, -0.2) is 26.0 Å². The molecule has 1 aromatic carbocycles. The summed E-state index contributed by atoms with van der Waals surface area (Å²) in [6.07, 6.45) is 1.71. The van der Waals surface area contributed by atoms with E-state index in [1.54, 1.807) is 19.1 Å². The summed E-state index contributed by atoms with van der Waals surface area (Å²) < 4.78 is 22.6. The van der Waals surface area contributed by atoms with E-state index in [0.29, 0.717) is 11.4 Å². The lowest BCUT2D eigenvalue weighted by Gasteiger charge is -2.18. The lowest BCUT2D eigenvalue weighted by atomic mass is 10.0. The lowest BCUT2D eigenvalue weighted by Crippen LogP contribution is -2.39. The molecule has 0 aliphatic carbocycles. The summed E-state index contributed by atoms with van der Waals surface area (Å²) in [5.74, 6) is 0. The fourth-order valence-electron chi connectivity index (χ4n) is 1.42. The predicted octanol–water partition coefficient (Wildman–Crippen LogP) is 1.64. The molecule has 2 unspecified atom stereocenters. The van der Waals surface area contributed by atoms with Gasteiger partial charge in [-0.1, -0.05) is 23.7 Å². The first kappa shape index (κ1) is 13.5. The average Bonchev–Trinajstić information content (AvgIpc) is 2.15. The molecule has 0 aliphatic heterocycles. The summed E-state index contributed by atoms with van der Waals surface area (Å²) in [5.41, 5.74) is 6.82. The molecule has 0 saturated carbocycles. The molecule has 0 bridgehead atoms. The maximum absolute atomic E-state index is 11.3. The van der Waals surface area contributed by atoms with Crippen LogP contribution >= 0.6 is 11.6 Å². The molecular formula is C11H16ClNO2S. The van der Waals surface area contributed by atoms with Crippen LogP contribution in [-0.2, 0) is 16.3 Å². The first-order valence-electron chi connectivity index (χ1n) is 4.99. The van der Waals surface area contributed by atoms with E-state index in [4.69, 9.17) is 17.3 Å². The number of hydrogen-bond acceptors (Lipinski definition) is 3. The summed E-state index contributed by atoms with van der Waals surface area (Å²) in [7, 11) is -3.09. The molecule has 0 fully saturated rings. The minimum atomic E-state index is -3.09. The monoisotopic (exact) mass is 261 g/mol. The Morgan fingerprint density at radius 2 is 2.06 bits per heavy atom. The zero-order chi connectivity index (χ0) is 12.3. The standard InChI is InChI=1S/C11H16ClNO2S/c1-8(16(2,14)15)11(13)7-9-4-3-5-10(12)6-9/h3-6,8,11H,7,13H2,1-2H3. The normalized spacial score (nSPS) is 15.8. The van der Waals surface area contributed by atoms with Gasteiger partial charge in [-0.25, -0.2) is 8.42 Å². The van der Waals surface area contributed by atoms with Gasteiger partial charge in [-0.3, -0.25) is 0 Å². The van der Waals surface area contributed by atoms with Crippen molar-refractivity contribution >= 4 is 21.4 Å². The van der Waals surface area contributed by atoms with Crippen molar-refractivity contribution in [3.05, 3.63) is 34.9 Å². The molecule has 0 heterocycles. The van der Waals surface area contributed by atoms with Crippen molar-refractivity contribution in [2.45, 2.75) is 24.6 Å². The van der Waals surface area contributed by atoms with Crippen LogP contribution in [0.15, 0.2) is 24.3 Å². The summed E-state index contributed by atoms with van der Waals surface area (Å²) in [4.78, 5) is 0. The second-order valence-corrected chi connectivity index (χ2v) is 6.87. The third kappa shape index (κ3) is 3.77. The molecule has 1 aromatic rings. The Kier molecular flexibility index (Phi) is 4.35. The zero-order valence-corrected chi connectivity index (χ0v) is 10.9. The number of rotatable bonds is 4. The minimum absolute atomic E-state index is 0.409. The number of hydrogen-bond donors (Lipinski definition) is 1. The Morgan fingerprint density at radius 1 is 1.44 bits per heavy atom. The van der Waals surface area contributed by atoms with Gasteiger partial charge in [0.15, 0.2) is 9.84 Å². The van der Waals surface area contributed by atoms with E-state index in [0.717, 1.165) is 5.56 Å². The average molecular weight is 262 g/mol.